The summed E-state index contributed by atoms with van der Waals surface area (Å²) in [7, 11) is 1.64. The average molecular weight is 436 g/mol. The van der Waals surface area contributed by atoms with Gasteiger partial charge in [0.15, 0.2) is 11.5 Å². The third-order valence-electron chi connectivity index (χ3n) is 6.19. The Morgan fingerprint density at radius 3 is 2.88 bits per heavy atom. The normalized spacial score (nSPS) is 20.3. The van der Waals surface area contributed by atoms with Crippen LogP contribution in [-0.2, 0) is 13.0 Å². The SMILES string of the molecule is COc1ccc2nccc(CCC3CCC(NCc4cc5c(cn4)OCCO5)CN3)c2n1. The topological polar surface area (TPSA) is 90.4 Å². The highest BCUT2D eigenvalue weighted by Crippen LogP contribution is 2.29. The minimum atomic E-state index is 0.439. The van der Waals surface area contributed by atoms with Crippen molar-refractivity contribution in [3.63, 3.8) is 0 Å². The smallest absolute Gasteiger partial charge is 0.213 e. The van der Waals surface area contributed by atoms with E-state index in [-0.39, 0.29) is 0 Å². The number of ether oxygens (including phenoxy) is 3. The Kier molecular flexibility index (Phi) is 6.31. The van der Waals surface area contributed by atoms with Crippen molar-refractivity contribution in [2.75, 3.05) is 26.9 Å². The summed E-state index contributed by atoms with van der Waals surface area (Å²) in [5, 5.41) is 7.33. The molecule has 2 atom stereocenters. The Labute approximate surface area is 187 Å². The number of piperidine rings is 1. The lowest BCUT2D eigenvalue weighted by Gasteiger charge is -2.30. The second kappa shape index (κ2) is 9.67. The van der Waals surface area contributed by atoms with Gasteiger partial charge in [0.1, 0.15) is 13.2 Å². The summed E-state index contributed by atoms with van der Waals surface area (Å²) in [5.74, 6) is 2.15. The number of methoxy groups -OCH3 is 1. The van der Waals surface area contributed by atoms with E-state index >= 15 is 0 Å². The van der Waals surface area contributed by atoms with Gasteiger partial charge in [-0.25, -0.2) is 4.98 Å². The van der Waals surface area contributed by atoms with Gasteiger partial charge in [-0.3, -0.25) is 9.97 Å². The Hall–Kier alpha value is -2.97. The highest BCUT2D eigenvalue weighted by molar-refractivity contribution is 5.78. The quantitative estimate of drug-likeness (QED) is 0.585. The van der Waals surface area contributed by atoms with Crippen LogP contribution >= 0.6 is 0 Å². The van der Waals surface area contributed by atoms with Crippen molar-refractivity contribution >= 4 is 11.0 Å². The number of aryl methyl sites for hydroxylation is 1. The molecule has 0 spiro atoms. The second-order valence-corrected chi connectivity index (χ2v) is 8.31. The standard InChI is InChI=1S/C24H29N5O3/c1-30-23-7-6-20-24(29-23)16(8-9-25-20)2-3-17-4-5-18(13-26-17)27-14-19-12-21-22(15-28-19)32-11-10-31-21/h6-9,12,15,17-18,26-27H,2-5,10-11,13-14H2,1H3. The predicted octanol–water partition coefficient (Wildman–Crippen LogP) is 2.65. The van der Waals surface area contributed by atoms with Gasteiger partial charge < -0.3 is 24.8 Å². The zero-order valence-electron chi connectivity index (χ0n) is 18.3. The Morgan fingerprint density at radius 1 is 1.12 bits per heavy atom. The molecule has 0 bridgehead atoms. The van der Waals surface area contributed by atoms with E-state index in [4.69, 9.17) is 14.2 Å². The van der Waals surface area contributed by atoms with Gasteiger partial charge in [0, 0.05) is 43.5 Å². The zero-order chi connectivity index (χ0) is 21.8. The Balaban J connectivity index is 1.10. The zero-order valence-corrected chi connectivity index (χ0v) is 18.3. The molecule has 3 aromatic rings. The van der Waals surface area contributed by atoms with Crippen LogP contribution in [-0.4, -0.2) is 53.9 Å². The fraction of sp³-hybridized carbons (Fsp3) is 0.458. The molecule has 2 aliphatic heterocycles. The number of nitrogens with zero attached hydrogens (tertiary/aromatic N) is 3. The summed E-state index contributed by atoms with van der Waals surface area (Å²) in [6.07, 6.45) is 7.96. The van der Waals surface area contributed by atoms with Gasteiger partial charge in [0.2, 0.25) is 5.88 Å². The molecule has 0 aliphatic carbocycles. The number of hydrogen-bond acceptors (Lipinski definition) is 8. The lowest BCUT2D eigenvalue weighted by Crippen LogP contribution is -2.47. The van der Waals surface area contributed by atoms with Crippen molar-refractivity contribution in [3.8, 4) is 17.4 Å². The molecule has 0 amide bonds. The van der Waals surface area contributed by atoms with Crippen molar-refractivity contribution in [2.24, 2.45) is 0 Å². The third-order valence-corrected chi connectivity index (χ3v) is 6.19. The summed E-state index contributed by atoms with van der Waals surface area (Å²) >= 11 is 0. The maximum atomic E-state index is 5.65. The van der Waals surface area contributed by atoms with Crippen LogP contribution in [0.2, 0.25) is 0 Å². The van der Waals surface area contributed by atoms with Crippen molar-refractivity contribution in [3.05, 3.63) is 47.9 Å². The van der Waals surface area contributed by atoms with E-state index in [2.05, 4.69) is 31.7 Å². The van der Waals surface area contributed by atoms with E-state index in [1.165, 1.54) is 5.56 Å². The first-order valence-electron chi connectivity index (χ1n) is 11.3. The van der Waals surface area contributed by atoms with Crippen LogP contribution in [0.15, 0.2) is 36.7 Å². The van der Waals surface area contributed by atoms with Gasteiger partial charge in [-0.2, -0.15) is 0 Å². The fourth-order valence-electron chi connectivity index (χ4n) is 4.38. The first-order chi connectivity index (χ1) is 15.8. The molecule has 1 saturated heterocycles. The second-order valence-electron chi connectivity index (χ2n) is 8.31. The number of aromatic nitrogens is 3. The van der Waals surface area contributed by atoms with Crippen LogP contribution in [0.3, 0.4) is 0 Å². The van der Waals surface area contributed by atoms with Crippen LogP contribution < -0.4 is 24.8 Å². The molecule has 2 aliphatic rings. The van der Waals surface area contributed by atoms with Gasteiger partial charge in [0.05, 0.1) is 30.0 Å². The Bertz CT molecular complexity index is 1070. The van der Waals surface area contributed by atoms with E-state index in [1.54, 1.807) is 13.3 Å². The van der Waals surface area contributed by atoms with Gasteiger partial charge in [-0.15, -0.1) is 0 Å². The van der Waals surface area contributed by atoms with Gasteiger partial charge in [0.25, 0.3) is 0 Å². The predicted molar refractivity (Wildman–Crippen MR) is 121 cm³/mol. The number of pyridine rings is 3. The molecular weight excluding hydrogens is 406 g/mol. The van der Waals surface area contributed by atoms with E-state index in [1.807, 2.05) is 24.4 Å². The molecule has 0 saturated carbocycles. The molecule has 0 radical (unpaired) electrons. The lowest BCUT2D eigenvalue weighted by atomic mass is 9.95. The largest absolute Gasteiger partial charge is 0.486 e. The van der Waals surface area contributed by atoms with Gasteiger partial charge >= 0.3 is 0 Å². The average Bonchev–Trinajstić information content (AvgIpc) is 2.86. The van der Waals surface area contributed by atoms with E-state index in [9.17, 15) is 0 Å². The molecule has 5 rings (SSSR count). The van der Waals surface area contributed by atoms with E-state index in [0.717, 1.165) is 67.0 Å². The lowest BCUT2D eigenvalue weighted by molar-refractivity contribution is 0.170. The highest BCUT2D eigenvalue weighted by Gasteiger charge is 2.21. The number of fused-ring (bicyclic) bond motifs is 2. The summed E-state index contributed by atoms with van der Waals surface area (Å²) in [6, 6.07) is 8.82. The molecule has 5 heterocycles. The first-order valence-corrected chi connectivity index (χ1v) is 11.3. The maximum Gasteiger partial charge on any atom is 0.213 e. The minimum Gasteiger partial charge on any atom is -0.486 e. The molecule has 168 valence electrons. The van der Waals surface area contributed by atoms with Gasteiger partial charge in [-0.1, -0.05) is 0 Å². The van der Waals surface area contributed by atoms with Crippen molar-refractivity contribution in [2.45, 2.75) is 44.3 Å². The first kappa shape index (κ1) is 20.9. The van der Waals surface area contributed by atoms with Crippen molar-refractivity contribution in [1.29, 1.82) is 0 Å². The van der Waals surface area contributed by atoms with E-state index < -0.39 is 0 Å². The van der Waals surface area contributed by atoms with Crippen molar-refractivity contribution < 1.29 is 14.2 Å². The van der Waals surface area contributed by atoms with Crippen LogP contribution in [0.5, 0.6) is 17.4 Å². The van der Waals surface area contributed by atoms with Crippen molar-refractivity contribution in [1.82, 2.24) is 25.6 Å². The van der Waals surface area contributed by atoms with Crippen LogP contribution in [0.4, 0.5) is 0 Å². The summed E-state index contributed by atoms with van der Waals surface area (Å²) in [6.45, 7) is 2.86. The Morgan fingerprint density at radius 2 is 2.03 bits per heavy atom. The summed E-state index contributed by atoms with van der Waals surface area (Å²) in [5.41, 5.74) is 4.05. The molecule has 2 N–H and O–H groups in total. The minimum absolute atomic E-state index is 0.439. The molecular formula is C24H29N5O3. The molecule has 3 aromatic heterocycles. The molecule has 8 heteroatoms. The maximum absolute atomic E-state index is 5.65. The number of hydrogen-bond donors (Lipinski definition) is 2. The van der Waals surface area contributed by atoms with Gasteiger partial charge in [-0.05, 0) is 43.4 Å². The van der Waals surface area contributed by atoms with Crippen LogP contribution in [0.25, 0.3) is 11.0 Å². The highest BCUT2D eigenvalue weighted by atomic mass is 16.6. The fourth-order valence-corrected chi connectivity index (χ4v) is 4.38. The monoisotopic (exact) mass is 435 g/mol. The van der Waals surface area contributed by atoms with Crippen LogP contribution in [0.1, 0.15) is 30.5 Å². The summed E-state index contributed by atoms with van der Waals surface area (Å²) < 4.78 is 16.5. The molecule has 2 unspecified atom stereocenters. The molecule has 32 heavy (non-hydrogen) atoms. The summed E-state index contributed by atoms with van der Waals surface area (Å²) in [4.78, 5) is 13.5. The molecule has 8 nitrogen and oxygen atoms in total. The number of nitrogens with one attached hydrogen (secondary N) is 2. The van der Waals surface area contributed by atoms with E-state index in [0.29, 0.717) is 31.2 Å². The third kappa shape index (κ3) is 4.76. The number of rotatable bonds is 7. The molecule has 1 fully saturated rings. The van der Waals surface area contributed by atoms with Crippen LogP contribution in [0, 0.1) is 0 Å². The molecule has 0 aromatic carbocycles.